The Balaban J connectivity index is 3.69. The Kier molecular flexibility index (Phi) is 3.27. The lowest BCUT2D eigenvalue weighted by Crippen LogP contribution is -2.05. The molecule has 0 atom stereocenters. The number of nitrogens with two attached hydrogens (primary N) is 1. The van der Waals surface area contributed by atoms with Gasteiger partial charge in [-0.25, -0.2) is 4.79 Å². The lowest BCUT2D eigenvalue weighted by atomic mass is 10.6. The van der Waals surface area contributed by atoms with E-state index in [-0.39, 0.29) is 5.88 Å². The lowest BCUT2D eigenvalue weighted by molar-refractivity contribution is -0.131. The van der Waals surface area contributed by atoms with E-state index < -0.39 is 5.97 Å². The van der Waals surface area contributed by atoms with Gasteiger partial charge in [0.1, 0.15) is 0 Å². The van der Waals surface area contributed by atoms with E-state index in [9.17, 15) is 4.79 Å². The minimum atomic E-state index is -1.10. The molecule has 52 valence electrons. The van der Waals surface area contributed by atoms with Crippen LogP contribution in [0.25, 0.3) is 0 Å². The monoisotopic (exact) mass is 131 g/mol. The second kappa shape index (κ2) is 3.77. The molecule has 0 heterocycles. The van der Waals surface area contributed by atoms with Crippen molar-refractivity contribution in [3.05, 3.63) is 12.0 Å². The van der Waals surface area contributed by atoms with Gasteiger partial charge in [-0.2, -0.15) is 0 Å². The maximum absolute atomic E-state index is 9.85. The molecule has 9 heavy (non-hydrogen) atoms. The topological polar surface area (TPSA) is 72.5 Å². The third kappa shape index (κ3) is 4.67. The van der Waals surface area contributed by atoms with Crippen LogP contribution in [-0.2, 0) is 9.53 Å². The van der Waals surface area contributed by atoms with E-state index in [4.69, 9.17) is 10.8 Å². The van der Waals surface area contributed by atoms with Gasteiger partial charge in [0.15, 0.2) is 5.88 Å². The summed E-state index contributed by atoms with van der Waals surface area (Å²) in [5.41, 5.74) is 5.04. The Morgan fingerprint density at radius 2 is 2.44 bits per heavy atom. The van der Waals surface area contributed by atoms with Crippen molar-refractivity contribution in [2.75, 3.05) is 6.61 Å². The summed E-state index contributed by atoms with van der Waals surface area (Å²) in [4.78, 5) is 9.85. The third-order valence-corrected chi connectivity index (χ3v) is 0.577. The summed E-state index contributed by atoms with van der Waals surface area (Å²) in [5, 5.41) is 8.07. The quantitative estimate of drug-likeness (QED) is 0.414. The second-order valence-electron chi connectivity index (χ2n) is 1.32. The number of hydrogen-bond acceptors (Lipinski definition) is 3. The fourth-order valence-electron chi connectivity index (χ4n) is 0.330. The van der Waals surface area contributed by atoms with Crippen molar-refractivity contribution in [2.24, 2.45) is 5.73 Å². The van der Waals surface area contributed by atoms with Gasteiger partial charge in [-0.05, 0) is 6.92 Å². The van der Waals surface area contributed by atoms with Gasteiger partial charge in [-0.3, -0.25) is 0 Å². The molecule has 0 unspecified atom stereocenters. The highest BCUT2D eigenvalue weighted by Gasteiger charge is 1.92. The minimum absolute atomic E-state index is 0.0648. The summed E-state index contributed by atoms with van der Waals surface area (Å²) < 4.78 is 4.61. The van der Waals surface area contributed by atoms with Crippen LogP contribution in [0.5, 0.6) is 0 Å². The van der Waals surface area contributed by atoms with Crippen molar-refractivity contribution in [1.82, 2.24) is 0 Å². The Bertz CT molecular complexity index is 130. The summed E-state index contributed by atoms with van der Waals surface area (Å²) in [6.45, 7) is 2.11. The van der Waals surface area contributed by atoms with Gasteiger partial charge in [-0.15, -0.1) is 0 Å². The van der Waals surface area contributed by atoms with Crippen LogP contribution in [0, 0.1) is 0 Å². The van der Waals surface area contributed by atoms with E-state index in [0.29, 0.717) is 6.61 Å². The van der Waals surface area contributed by atoms with Crippen molar-refractivity contribution < 1.29 is 14.6 Å². The van der Waals surface area contributed by atoms with Gasteiger partial charge in [0.2, 0.25) is 0 Å². The maximum Gasteiger partial charge on any atom is 0.333 e. The number of carboxylic acid groups (broad SMARTS) is 1. The SMILES string of the molecule is CCOC(N)=CC(=O)O. The minimum Gasteiger partial charge on any atom is -0.479 e. The van der Waals surface area contributed by atoms with Crippen LogP contribution in [0.2, 0.25) is 0 Å². The Hall–Kier alpha value is -1.19. The number of hydrogen-bond donors (Lipinski definition) is 2. The summed E-state index contributed by atoms with van der Waals surface area (Å²) >= 11 is 0. The van der Waals surface area contributed by atoms with Crippen LogP contribution >= 0.6 is 0 Å². The zero-order valence-electron chi connectivity index (χ0n) is 5.13. The largest absolute Gasteiger partial charge is 0.479 e. The van der Waals surface area contributed by atoms with Crippen molar-refractivity contribution in [3.63, 3.8) is 0 Å². The standard InChI is InChI=1S/C5H9NO3/c1-2-9-4(6)3-5(7)8/h3H,2,6H2,1H3,(H,7,8). The van der Waals surface area contributed by atoms with Gasteiger partial charge < -0.3 is 15.6 Å². The number of carboxylic acids is 1. The molecule has 0 saturated heterocycles. The van der Waals surface area contributed by atoms with Crippen LogP contribution in [0.1, 0.15) is 6.92 Å². The first-order valence-corrected chi connectivity index (χ1v) is 2.49. The molecule has 0 fully saturated rings. The molecule has 0 bridgehead atoms. The molecule has 0 radical (unpaired) electrons. The molecule has 0 aliphatic rings. The highest BCUT2D eigenvalue weighted by molar-refractivity contribution is 5.80. The number of ether oxygens (including phenoxy) is 1. The molecule has 0 rings (SSSR count). The summed E-state index contributed by atoms with van der Waals surface area (Å²) in [6, 6.07) is 0. The molecular formula is C5H9NO3. The molecule has 3 N–H and O–H groups in total. The highest BCUT2D eigenvalue weighted by atomic mass is 16.5. The van der Waals surface area contributed by atoms with E-state index >= 15 is 0 Å². The van der Waals surface area contributed by atoms with E-state index in [1.807, 2.05) is 0 Å². The summed E-state index contributed by atoms with van der Waals surface area (Å²) in [7, 11) is 0. The van der Waals surface area contributed by atoms with Crippen LogP contribution in [0.4, 0.5) is 0 Å². The fraction of sp³-hybridized carbons (Fsp3) is 0.400. The van der Waals surface area contributed by atoms with Crippen molar-refractivity contribution >= 4 is 5.97 Å². The van der Waals surface area contributed by atoms with E-state index in [0.717, 1.165) is 6.08 Å². The molecule has 0 aliphatic carbocycles. The molecule has 0 aromatic carbocycles. The van der Waals surface area contributed by atoms with E-state index in [1.165, 1.54) is 0 Å². The van der Waals surface area contributed by atoms with Crippen molar-refractivity contribution in [1.29, 1.82) is 0 Å². The van der Waals surface area contributed by atoms with Gasteiger partial charge in [0.25, 0.3) is 0 Å². The average molecular weight is 131 g/mol. The van der Waals surface area contributed by atoms with Crippen LogP contribution in [0.15, 0.2) is 12.0 Å². The van der Waals surface area contributed by atoms with Gasteiger partial charge in [0, 0.05) is 0 Å². The average Bonchev–Trinajstić information content (AvgIpc) is 1.63. The first kappa shape index (κ1) is 7.81. The molecular weight excluding hydrogens is 122 g/mol. The molecule has 0 saturated carbocycles. The number of carbonyl (C=O) groups is 1. The summed E-state index contributed by atoms with van der Waals surface area (Å²) in [6.07, 6.45) is 0.809. The molecule has 0 aromatic rings. The first-order valence-electron chi connectivity index (χ1n) is 2.49. The molecule has 0 aliphatic heterocycles. The predicted octanol–water partition coefficient (Wildman–Crippen LogP) is -0.0924. The Morgan fingerprint density at radius 1 is 1.89 bits per heavy atom. The number of aliphatic carboxylic acids is 1. The molecule has 4 heteroatoms. The lowest BCUT2D eigenvalue weighted by Gasteiger charge is -1.98. The van der Waals surface area contributed by atoms with Gasteiger partial charge in [0.05, 0.1) is 12.7 Å². The van der Waals surface area contributed by atoms with Crippen molar-refractivity contribution in [2.45, 2.75) is 6.92 Å². The highest BCUT2D eigenvalue weighted by Crippen LogP contribution is 1.84. The zero-order chi connectivity index (χ0) is 7.28. The van der Waals surface area contributed by atoms with Crippen LogP contribution in [-0.4, -0.2) is 17.7 Å². The normalized spacial score (nSPS) is 11.0. The van der Waals surface area contributed by atoms with Crippen LogP contribution in [0.3, 0.4) is 0 Å². The second-order valence-corrected chi connectivity index (χ2v) is 1.32. The maximum atomic E-state index is 9.85. The zero-order valence-corrected chi connectivity index (χ0v) is 5.13. The number of rotatable bonds is 3. The third-order valence-electron chi connectivity index (χ3n) is 0.577. The summed E-state index contributed by atoms with van der Waals surface area (Å²) in [5.74, 6) is -1.16. The van der Waals surface area contributed by atoms with E-state index in [1.54, 1.807) is 6.92 Å². The smallest absolute Gasteiger partial charge is 0.333 e. The van der Waals surface area contributed by atoms with Crippen LogP contribution < -0.4 is 5.73 Å². The Labute approximate surface area is 52.9 Å². The fourth-order valence-corrected chi connectivity index (χ4v) is 0.330. The molecule has 0 spiro atoms. The van der Waals surface area contributed by atoms with Gasteiger partial charge >= 0.3 is 5.97 Å². The van der Waals surface area contributed by atoms with Gasteiger partial charge in [-0.1, -0.05) is 0 Å². The van der Waals surface area contributed by atoms with E-state index in [2.05, 4.69) is 4.74 Å². The predicted molar refractivity (Wildman–Crippen MR) is 31.5 cm³/mol. The first-order chi connectivity index (χ1) is 4.16. The Morgan fingerprint density at radius 3 is 2.78 bits per heavy atom. The van der Waals surface area contributed by atoms with Crippen molar-refractivity contribution in [3.8, 4) is 0 Å². The molecule has 4 nitrogen and oxygen atoms in total. The molecule has 0 aromatic heterocycles. The molecule has 0 amide bonds.